The molecule has 1 unspecified atom stereocenters. The molecule has 8 aliphatic carbocycles. The standard InChI is InChI=1S/C12H21N.C10H12N4O3.C10H17N.C9H13N5O4.C9H13N3O3.C8H11N5O3.CH3O5P/c1-8(13)12-5-9-2-10(6-12)4-11(3-9)7-12;15-3-6-1-2-7(17-6)14-5-13-8-9(14)11-4-12-10(8)16;11-10-4-7-1-8(5-10)3-9(2-7)6-10;10-9-12-7-6(8(17)13-9)11-3-14(7)4-18-5(1-15)2-16;10-7-3-4-12(9(14)11-7)8-2-1-6(5-13)15-8;9-8-11-6-5(7(15)12-8)10-3-13(6)4-16-2-1-14;2-1(3)7(4,5)6/h8-11H,2-7,13H2,1H3;4-7,15H,1-3H2,(H,11,12,16);7-9H,1-6,11H2;3,5,15-16H,1-2,4H2,(H3,10,12,13,17);3-4,6,8,13H,1-2,5H2,(H2,10,11,14);3,14H,1-2,4H2,(H3,9,11,12,15);(H,2,3)(H2,4,5,6)/t;6-,7+;;;6-,8+;;/m.0..0../s1. The van der Waals surface area contributed by atoms with Gasteiger partial charge in [-0.25, -0.2) is 34.1 Å². The molecule has 2 saturated heterocycles. The Morgan fingerprint density at radius 3 is 1.54 bits per heavy atom. The van der Waals surface area contributed by atoms with Gasteiger partial charge in [-0.3, -0.25) is 42.6 Å². The molecule has 7 aromatic rings. The van der Waals surface area contributed by atoms with Gasteiger partial charge in [0, 0.05) is 17.8 Å². The summed E-state index contributed by atoms with van der Waals surface area (Å²) in [5.41, 5.74) is 27.9. The average Bonchev–Trinajstić information content (AvgIpc) is 1.64. The molecule has 8 saturated carbocycles. The quantitative estimate of drug-likeness (QED) is 0.0484. The van der Waals surface area contributed by atoms with Gasteiger partial charge in [-0.05, 0) is 157 Å². The van der Waals surface area contributed by atoms with Crippen LogP contribution in [0.3, 0.4) is 0 Å². The number of imidazole rings is 3. The van der Waals surface area contributed by atoms with Crippen LogP contribution >= 0.6 is 7.60 Å². The van der Waals surface area contributed by atoms with Crippen LogP contribution in [0.5, 0.6) is 0 Å². The predicted molar refractivity (Wildman–Crippen MR) is 348 cm³/mol. The summed E-state index contributed by atoms with van der Waals surface area (Å²) in [7, 11) is -4.82. The van der Waals surface area contributed by atoms with E-state index in [2.05, 4.69) is 56.8 Å². The largest absolute Gasteiger partial charge is 0.472 e. The molecule has 0 amide bonds. The first-order valence-electron chi connectivity index (χ1n) is 32.3. The molecule has 10 aliphatic rings. The van der Waals surface area contributed by atoms with Crippen LogP contribution in [-0.4, -0.2) is 184 Å². The van der Waals surface area contributed by atoms with Crippen molar-refractivity contribution in [3.05, 3.63) is 79.1 Å². The number of hydrogen-bond donors (Lipinski definition) is 16. The van der Waals surface area contributed by atoms with Crippen LogP contribution in [0.15, 0.2) is 56.8 Å². The van der Waals surface area contributed by atoms with Crippen molar-refractivity contribution >= 4 is 64.5 Å². The highest BCUT2D eigenvalue weighted by molar-refractivity contribution is 7.69. The third-order valence-electron chi connectivity index (χ3n) is 19.1. The number of rotatable bonds is 15. The van der Waals surface area contributed by atoms with E-state index in [4.69, 9.17) is 88.0 Å². The molecular weight excluding hydrogens is 1290 g/mol. The first-order chi connectivity index (χ1) is 46.2. The number of nitrogens with zero attached hydrogens (tertiary/aromatic N) is 11. The molecule has 0 aromatic carbocycles. The zero-order valence-electron chi connectivity index (χ0n) is 53.8. The number of carboxylic acid groups (broad SMARTS) is 1. The number of aromatic nitrogens is 14. The van der Waals surface area contributed by atoms with E-state index in [1.807, 2.05) is 0 Å². The number of anilines is 3. The number of aromatic amines is 3. The monoisotopic (exact) mass is 1380 g/mol. The number of aliphatic hydroxyl groups is 5. The lowest BCUT2D eigenvalue weighted by molar-refractivity contribution is -0.0637. The Bertz CT molecular complexity index is 3980. The number of fused-ring (bicyclic) bond motifs is 3. The highest BCUT2D eigenvalue weighted by Crippen LogP contribution is 2.61. The zero-order valence-corrected chi connectivity index (χ0v) is 54.7. The smallest absolute Gasteiger partial charge is 0.433 e. The summed E-state index contributed by atoms with van der Waals surface area (Å²) in [5, 5.41) is 51.7. The van der Waals surface area contributed by atoms with E-state index in [9.17, 15) is 28.5 Å². The molecule has 2 aliphatic heterocycles. The maximum Gasteiger partial charge on any atom is 0.433 e. The second kappa shape index (κ2) is 32.5. The molecule has 0 radical (unpaired) electrons. The van der Waals surface area contributed by atoms with Gasteiger partial charge in [-0.1, -0.05) is 0 Å². The minimum Gasteiger partial charge on any atom is -0.472 e. The van der Waals surface area contributed by atoms with Crippen LogP contribution < -0.4 is 51.0 Å². The van der Waals surface area contributed by atoms with Gasteiger partial charge in [0.05, 0.1) is 77.2 Å². The van der Waals surface area contributed by atoms with Crippen LogP contribution in [0.2, 0.25) is 0 Å². The van der Waals surface area contributed by atoms with Crippen molar-refractivity contribution in [1.29, 1.82) is 0 Å². The van der Waals surface area contributed by atoms with Gasteiger partial charge < -0.3 is 93.0 Å². The van der Waals surface area contributed by atoms with E-state index in [-0.39, 0.29) is 123 Å². The normalized spacial score (nSPS) is 27.3. The van der Waals surface area contributed by atoms with Crippen molar-refractivity contribution in [3.63, 3.8) is 0 Å². The number of hydrogen-bond acceptors (Lipinski definition) is 27. The maximum atomic E-state index is 11.5. The second-order valence-corrected chi connectivity index (χ2v) is 27.9. The molecule has 8 bridgehead atoms. The van der Waals surface area contributed by atoms with E-state index in [0.717, 1.165) is 54.8 Å². The van der Waals surface area contributed by atoms with E-state index in [0.29, 0.717) is 40.2 Å². The molecule has 97 heavy (non-hydrogen) atoms. The fraction of sp³-hybridized carbons (Fsp3) is 0.661. The number of carbonyl (C=O) groups is 1. The third kappa shape index (κ3) is 18.6. The highest BCUT2D eigenvalue weighted by Gasteiger charge is 2.52. The van der Waals surface area contributed by atoms with E-state index in [1.165, 1.54) is 110 Å². The summed E-state index contributed by atoms with van der Waals surface area (Å²) in [4.78, 5) is 105. The van der Waals surface area contributed by atoms with E-state index >= 15 is 0 Å². The van der Waals surface area contributed by atoms with E-state index < -0.39 is 30.7 Å². The van der Waals surface area contributed by atoms with Crippen molar-refractivity contribution < 1.29 is 68.7 Å². The molecule has 38 heteroatoms. The van der Waals surface area contributed by atoms with Crippen LogP contribution in [0.25, 0.3) is 33.5 Å². The predicted octanol–water partition coefficient (Wildman–Crippen LogP) is 0.288. The summed E-state index contributed by atoms with van der Waals surface area (Å²) in [6.45, 7) is 1.92. The number of nitrogens with one attached hydrogen (secondary N) is 3. The average molecular weight is 1380 g/mol. The van der Waals surface area contributed by atoms with Crippen molar-refractivity contribution in [3.8, 4) is 0 Å². The highest BCUT2D eigenvalue weighted by atomic mass is 31.2. The summed E-state index contributed by atoms with van der Waals surface area (Å²) < 4.78 is 36.9. The Morgan fingerprint density at radius 1 is 0.660 bits per heavy atom. The Kier molecular flexibility index (Phi) is 24.7. The summed E-state index contributed by atoms with van der Waals surface area (Å²) in [6, 6.07) is 2.00. The molecule has 21 N–H and O–H groups in total. The minimum atomic E-state index is -4.82. The second-order valence-electron chi connectivity index (χ2n) is 26.4. The van der Waals surface area contributed by atoms with Crippen molar-refractivity contribution in [2.45, 2.75) is 165 Å². The van der Waals surface area contributed by atoms with Gasteiger partial charge in [0.15, 0.2) is 33.5 Å². The lowest BCUT2D eigenvalue weighted by atomic mass is 9.48. The fourth-order valence-corrected chi connectivity index (χ4v) is 15.4. The van der Waals surface area contributed by atoms with Gasteiger partial charge in [0.2, 0.25) is 11.9 Å². The Balaban J connectivity index is 0.000000134. The van der Waals surface area contributed by atoms with Gasteiger partial charge in [0.1, 0.15) is 37.8 Å². The fourth-order valence-electron chi connectivity index (χ4n) is 15.4. The maximum absolute atomic E-state index is 11.5. The number of H-pyrrole nitrogens is 3. The lowest BCUT2D eigenvalue weighted by Crippen LogP contribution is -2.55. The SMILES string of the molecule is CC(N)C12CC3CC(CC(C3)C1)C2.NC12CC3CC(CC(C3)C1)C2.Nc1ccn([C@H]2CC[C@@H](CO)O2)c(=O)n1.Nc1nc2c(ncn2COC(CO)CO)c(=O)[nH]1.Nc1nc2c(ncn2COCCO)c(=O)[nH]1.O=C(O)P(=O)(O)O.O=c1[nH]cnc2c1ncn2[C@H]1CC[C@@H](CO)O1. The molecule has 5 atom stereocenters. The minimum absolute atomic E-state index is 0.00181. The summed E-state index contributed by atoms with van der Waals surface area (Å²) >= 11 is 0. The Labute approximate surface area is 553 Å². The van der Waals surface area contributed by atoms with E-state index in [1.54, 1.807) is 23.2 Å². The molecule has 9 heterocycles. The van der Waals surface area contributed by atoms with Crippen molar-refractivity contribution in [2.75, 3.05) is 56.8 Å². The number of nitrogens with two attached hydrogens (primary N) is 5. The van der Waals surface area contributed by atoms with Crippen LogP contribution in [0.4, 0.5) is 22.5 Å². The molecule has 37 nitrogen and oxygen atoms in total. The molecule has 0 spiro atoms. The van der Waals surface area contributed by atoms with Gasteiger partial charge >= 0.3 is 19.0 Å². The molecule has 17 rings (SSSR count). The molecule has 10 fully saturated rings. The number of nitrogen functional groups attached to an aromatic ring is 3. The Morgan fingerprint density at radius 2 is 1.11 bits per heavy atom. The zero-order chi connectivity index (χ0) is 69.9. The molecule has 534 valence electrons. The topological polar surface area (TPSA) is 589 Å². The van der Waals surface area contributed by atoms with Gasteiger partial charge in [0.25, 0.3) is 16.7 Å². The van der Waals surface area contributed by atoms with Crippen LogP contribution in [0.1, 0.15) is 122 Å². The van der Waals surface area contributed by atoms with Crippen molar-refractivity contribution in [2.24, 2.45) is 52.4 Å². The van der Waals surface area contributed by atoms with Crippen LogP contribution in [0, 0.1) is 40.9 Å². The van der Waals surface area contributed by atoms with Crippen molar-refractivity contribution in [1.82, 2.24) is 68.1 Å². The summed E-state index contributed by atoms with van der Waals surface area (Å²) in [5.74, 6) is 6.43. The first-order valence-corrected chi connectivity index (χ1v) is 33.9. The number of aliphatic hydroxyl groups excluding tert-OH is 5. The molecule has 7 aromatic heterocycles. The molecular formula is C59H90N19O18P. The lowest BCUT2D eigenvalue weighted by Gasteiger charge is -2.58. The number of ether oxygens (including phenoxy) is 4. The summed E-state index contributed by atoms with van der Waals surface area (Å²) in [6.07, 6.45) is 26.3. The Hall–Kier alpha value is -7.49. The van der Waals surface area contributed by atoms with Gasteiger partial charge in [-0.15, -0.1) is 0 Å². The van der Waals surface area contributed by atoms with Crippen LogP contribution in [-0.2, 0) is 37.0 Å². The third-order valence-corrected chi connectivity index (χ3v) is 19.6. The van der Waals surface area contributed by atoms with Gasteiger partial charge in [-0.2, -0.15) is 15.0 Å². The first kappa shape index (κ1) is 73.7.